The second-order valence-corrected chi connectivity index (χ2v) is 7.73. The molecule has 2 aromatic rings. The van der Waals surface area contributed by atoms with E-state index in [0.29, 0.717) is 41.0 Å². The molecule has 1 N–H and O–H groups in total. The van der Waals surface area contributed by atoms with Crippen molar-refractivity contribution in [2.45, 2.75) is 31.9 Å². The standard InChI is InChI=1S/C21H22ClNO6/c1-27-6-3-7-28-19-10-18-13(8-15(19)22)16-9-17(24)14(21(25)26)11-23(16)20(29-18)12-4-2-5-12/h8-12,20H,2-7H2,1H3,(H,25,26). The highest BCUT2D eigenvalue weighted by atomic mass is 35.5. The summed E-state index contributed by atoms with van der Waals surface area (Å²) in [7, 11) is 1.63. The molecule has 8 heteroatoms. The zero-order valence-corrected chi connectivity index (χ0v) is 16.8. The zero-order chi connectivity index (χ0) is 20.5. The first-order chi connectivity index (χ1) is 14.0. The van der Waals surface area contributed by atoms with Gasteiger partial charge in [-0.2, -0.15) is 0 Å². The predicted molar refractivity (Wildman–Crippen MR) is 107 cm³/mol. The number of aromatic nitrogens is 1. The number of hydrogen-bond acceptors (Lipinski definition) is 5. The number of pyridine rings is 1. The Morgan fingerprint density at radius 1 is 1.31 bits per heavy atom. The highest BCUT2D eigenvalue weighted by Crippen LogP contribution is 2.47. The number of carboxylic acid groups (broad SMARTS) is 1. The van der Waals surface area contributed by atoms with Crippen LogP contribution in [-0.4, -0.2) is 36.0 Å². The highest BCUT2D eigenvalue weighted by Gasteiger charge is 2.36. The van der Waals surface area contributed by atoms with E-state index in [1.807, 2.05) is 0 Å². The summed E-state index contributed by atoms with van der Waals surface area (Å²) in [4.78, 5) is 23.8. The van der Waals surface area contributed by atoms with E-state index in [1.54, 1.807) is 23.8 Å². The van der Waals surface area contributed by atoms with Gasteiger partial charge in [0, 0.05) is 49.9 Å². The molecule has 4 rings (SSSR count). The molecular weight excluding hydrogens is 398 g/mol. The molecule has 1 aromatic heterocycles. The zero-order valence-electron chi connectivity index (χ0n) is 16.0. The number of benzene rings is 1. The van der Waals surface area contributed by atoms with Crippen LogP contribution in [0.5, 0.6) is 11.5 Å². The summed E-state index contributed by atoms with van der Waals surface area (Å²) in [6.45, 7) is 1.04. The molecule has 1 unspecified atom stereocenters. The molecule has 1 saturated carbocycles. The molecule has 1 fully saturated rings. The fourth-order valence-corrected chi connectivity index (χ4v) is 3.92. The van der Waals surface area contributed by atoms with Crippen LogP contribution in [0.2, 0.25) is 5.02 Å². The van der Waals surface area contributed by atoms with Gasteiger partial charge < -0.3 is 23.9 Å². The number of hydrogen-bond donors (Lipinski definition) is 1. The lowest BCUT2D eigenvalue weighted by molar-refractivity contribution is 0.0223. The van der Waals surface area contributed by atoms with Gasteiger partial charge in [-0.15, -0.1) is 0 Å². The molecule has 1 atom stereocenters. The Labute approximate surface area is 172 Å². The van der Waals surface area contributed by atoms with Crippen LogP contribution < -0.4 is 14.9 Å². The summed E-state index contributed by atoms with van der Waals surface area (Å²) in [5, 5.41) is 9.76. The monoisotopic (exact) mass is 419 g/mol. The Balaban J connectivity index is 1.76. The Morgan fingerprint density at radius 2 is 2.10 bits per heavy atom. The van der Waals surface area contributed by atoms with Crippen molar-refractivity contribution in [1.29, 1.82) is 0 Å². The molecule has 1 aliphatic heterocycles. The smallest absolute Gasteiger partial charge is 0.341 e. The van der Waals surface area contributed by atoms with Gasteiger partial charge in [-0.3, -0.25) is 4.79 Å². The Hall–Kier alpha value is -2.51. The molecule has 0 bridgehead atoms. The molecule has 7 nitrogen and oxygen atoms in total. The maximum Gasteiger partial charge on any atom is 0.341 e. The summed E-state index contributed by atoms with van der Waals surface area (Å²) in [6, 6.07) is 4.80. The van der Waals surface area contributed by atoms with Crippen molar-refractivity contribution in [2.24, 2.45) is 5.92 Å². The van der Waals surface area contributed by atoms with Gasteiger partial charge in [0.15, 0.2) is 11.7 Å². The number of halogens is 1. The second-order valence-electron chi connectivity index (χ2n) is 7.32. The molecular formula is C21H22ClNO6. The minimum atomic E-state index is -1.25. The van der Waals surface area contributed by atoms with Crippen LogP contribution in [0.25, 0.3) is 11.3 Å². The molecule has 0 saturated heterocycles. The molecule has 1 aliphatic carbocycles. The summed E-state index contributed by atoms with van der Waals surface area (Å²) >= 11 is 6.41. The predicted octanol–water partition coefficient (Wildman–Crippen LogP) is 3.97. The topological polar surface area (TPSA) is 87.0 Å². The largest absolute Gasteiger partial charge is 0.492 e. The SMILES string of the molecule is COCCCOc1cc2c(cc1Cl)-c1cc(=O)c(C(=O)O)cn1C(C1CCC1)O2. The maximum atomic E-state index is 12.4. The van der Waals surface area contributed by atoms with Crippen LogP contribution in [0.1, 0.15) is 42.3 Å². The van der Waals surface area contributed by atoms with Crippen LogP contribution in [0.4, 0.5) is 0 Å². The number of rotatable bonds is 7. The highest BCUT2D eigenvalue weighted by molar-refractivity contribution is 6.32. The number of aromatic carboxylic acids is 1. The van der Waals surface area contributed by atoms with Gasteiger partial charge in [-0.05, 0) is 18.9 Å². The van der Waals surface area contributed by atoms with Gasteiger partial charge in [0.05, 0.1) is 17.3 Å². The van der Waals surface area contributed by atoms with Gasteiger partial charge in [0.25, 0.3) is 0 Å². The molecule has 2 heterocycles. The third-order valence-corrected chi connectivity index (χ3v) is 5.74. The van der Waals surface area contributed by atoms with Crippen molar-refractivity contribution in [1.82, 2.24) is 4.57 Å². The summed E-state index contributed by atoms with van der Waals surface area (Å²) in [5.74, 6) is 0.0939. The molecule has 154 valence electrons. The third-order valence-electron chi connectivity index (χ3n) is 5.45. The second kappa shape index (κ2) is 8.08. The minimum Gasteiger partial charge on any atom is -0.492 e. The van der Waals surface area contributed by atoms with E-state index in [9.17, 15) is 14.7 Å². The molecule has 0 radical (unpaired) electrons. The molecule has 29 heavy (non-hydrogen) atoms. The molecule has 2 aliphatic rings. The van der Waals surface area contributed by atoms with Crippen LogP contribution >= 0.6 is 11.6 Å². The average molecular weight is 420 g/mol. The third kappa shape index (κ3) is 3.72. The minimum absolute atomic E-state index is 0.257. The normalized spacial score (nSPS) is 17.7. The Morgan fingerprint density at radius 3 is 2.76 bits per heavy atom. The number of carboxylic acids is 1. The van der Waals surface area contributed by atoms with Crippen molar-refractivity contribution in [3.63, 3.8) is 0 Å². The van der Waals surface area contributed by atoms with Crippen LogP contribution in [0, 0.1) is 5.92 Å². The number of methoxy groups -OCH3 is 1. The van der Waals surface area contributed by atoms with Gasteiger partial charge in [-0.1, -0.05) is 18.0 Å². The van der Waals surface area contributed by atoms with E-state index in [2.05, 4.69) is 0 Å². The first-order valence-electron chi connectivity index (χ1n) is 9.61. The Kier molecular flexibility index (Phi) is 5.52. The molecule has 0 spiro atoms. The van der Waals surface area contributed by atoms with Gasteiger partial charge in [0.2, 0.25) is 0 Å². The summed E-state index contributed by atoms with van der Waals surface area (Å²) < 4.78 is 18.8. The van der Waals surface area contributed by atoms with Crippen molar-refractivity contribution in [3.05, 3.63) is 45.2 Å². The van der Waals surface area contributed by atoms with Crippen molar-refractivity contribution < 1.29 is 24.1 Å². The molecule has 1 aromatic carbocycles. The summed E-state index contributed by atoms with van der Waals surface area (Å²) in [6.07, 6.45) is 4.82. The quantitative estimate of drug-likeness (QED) is 0.683. The van der Waals surface area contributed by atoms with E-state index < -0.39 is 11.4 Å². The summed E-state index contributed by atoms with van der Waals surface area (Å²) in [5.41, 5.74) is 0.434. The maximum absolute atomic E-state index is 12.4. The number of carbonyl (C=O) groups is 1. The van der Waals surface area contributed by atoms with E-state index >= 15 is 0 Å². The van der Waals surface area contributed by atoms with E-state index in [0.717, 1.165) is 25.7 Å². The number of ether oxygens (including phenoxy) is 3. The van der Waals surface area contributed by atoms with Gasteiger partial charge in [-0.25, -0.2) is 4.79 Å². The first-order valence-corrected chi connectivity index (χ1v) is 9.99. The van der Waals surface area contributed by atoms with E-state index in [1.165, 1.54) is 12.3 Å². The lowest BCUT2D eigenvalue weighted by atomic mass is 9.83. The van der Waals surface area contributed by atoms with E-state index in [-0.39, 0.29) is 17.7 Å². The van der Waals surface area contributed by atoms with Crippen LogP contribution in [0.3, 0.4) is 0 Å². The Bertz CT molecular complexity index is 997. The van der Waals surface area contributed by atoms with Crippen LogP contribution in [-0.2, 0) is 4.74 Å². The number of fused-ring (bicyclic) bond motifs is 3. The fraction of sp³-hybridized carbons (Fsp3) is 0.429. The molecule has 0 amide bonds. The fourth-order valence-electron chi connectivity index (χ4n) is 3.70. The lowest BCUT2D eigenvalue weighted by Crippen LogP contribution is -2.34. The van der Waals surface area contributed by atoms with Gasteiger partial charge in [0.1, 0.15) is 17.1 Å². The van der Waals surface area contributed by atoms with Crippen LogP contribution in [0.15, 0.2) is 29.2 Å². The lowest BCUT2D eigenvalue weighted by Gasteiger charge is -2.39. The van der Waals surface area contributed by atoms with Crippen molar-refractivity contribution in [2.75, 3.05) is 20.3 Å². The van der Waals surface area contributed by atoms with E-state index in [4.69, 9.17) is 25.8 Å². The van der Waals surface area contributed by atoms with Gasteiger partial charge >= 0.3 is 5.97 Å². The average Bonchev–Trinajstić information content (AvgIpc) is 2.64. The van der Waals surface area contributed by atoms with Crippen molar-refractivity contribution in [3.8, 4) is 22.8 Å². The van der Waals surface area contributed by atoms with Crippen molar-refractivity contribution >= 4 is 17.6 Å². The number of nitrogens with zero attached hydrogens (tertiary/aromatic N) is 1. The first kappa shape index (κ1) is 19.8.